The summed E-state index contributed by atoms with van der Waals surface area (Å²) in [5.41, 5.74) is 2.10. The fourth-order valence-electron chi connectivity index (χ4n) is 3.33. The zero-order valence-electron chi connectivity index (χ0n) is 16.5. The van der Waals surface area contributed by atoms with Crippen LogP contribution >= 0.6 is 0 Å². The fourth-order valence-corrected chi connectivity index (χ4v) is 3.33. The molecule has 6 nitrogen and oxygen atoms in total. The van der Waals surface area contributed by atoms with Crippen LogP contribution in [0.5, 0.6) is 5.75 Å². The lowest BCUT2D eigenvalue weighted by atomic mass is 10.1. The molecule has 0 fully saturated rings. The van der Waals surface area contributed by atoms with Crippen LogP contribution in [0.4, 0.5) is 4.39 Å². The molecule has 1 aliphatic rings. The largest absolute Gasteiger partial charge is 0.489 e. The maximum Gasteiger partial charge on any atom is 0.147 e. The van der Waals surface area contributed by atoms with Crippen LogP contribution in [0.15, 0.2) is 48.5 Å². The second-order valence-electron chi connectivity index (χ2n) is 7.13. The van der Waals surface area contributed by atoms with Crippen molar-refractivity contribution in [3.8, 4) is 5.75 Å². The van der Waals surface area contributed by atoms with Gasteiger partial charge in [0.15, 0.2) is 0 Å². The van der Waals surface area contributed by atoms with Crippen molar-refractivity contribution < 1.29 is 13.9 Å². The molecule has 0 aliphatic carbocycles. The van der Waals surface area contributed by atoms with E-state index in [0.717, 1.165) is 41.5 Å². The highest BCUT2D eigenvalue weighted by Crippen LogP contribution is 2.19. The van der Waals surface area contributed by atoms with Gasteiger partial charge in [-0.05, 0) is 42.3 Å². The summed E-state index contributed by atoms with van der Waals surface area (Å²) in [5, 5.41) is 12.1. The number of halogens is 1. The first kappa shape index (κ1) is 19.5. The van der Waals surface area contributed by atoms with Gasteiger partial charge >= 0.3 is 0 Å². The van der Waals surface area contributed by atoms with E-state index in [2.05, 4.69) is 39.1 Å². The number of nitrogens with zero attached hydrogens (tertiary/aromatic N) is 3. The van der Waals surface area contributed by atoms with Crippen LogP contribution in [-0.2, 0) is 30.9 Å². The monoisotopic (exact) mass is 396 g/mol. The number of fused-ring (bicyclic) bond motifs is 1. The molecule has 0 bridgehead atoms. The van der Waals surface area contributed by atoms with Crippen molar-refractivity contribution >= 4 is 0 Å². The Morgan fingerprint density at radius 3 is 2.69 bits per heavy atom. The SMILES string of the molecule is CC(NCc1nnc2n1CCOCC2)c1ccc(OCc2ccc(F)cc2)cc1. The molecule has 4 rings (SSSR count). The number of aromatic nitrogens is 3. The van der Waals surface area contributed by atoms with Crippen LogP contribution in [0.1, 0.15) is 35.7 Å². The van der Waals surface area contributed by atoms with Gasteiger partial charge in [-0.15, -0.1) is 10.2 Å². The van der Waals surface area contributed by atoms with Gasteiger partial charge in [0.1, 0.15) is 29.8 Å². The average molecular weight is 396 g/mol. The molecule has 1 aliphatic heterocycles. The molecule has 0 spiro atoms. The highest BCUT2D eigenvalue weighted by molar-refractivity contribution is 5.29. The maximum absolute atomic E-state index is 13.0. The molecule has 7 heteroatoms. The van der Waals surface area contributed by atoms with E-state index in [1.54, 1.807) is 12.1 Å². The number of benzene rings is 2. The van der Waals surface area contributed by atoms with Crippen molar-refractivity contribution in [3.63, 3.8) is 0 Å². The lowest BCUT2D eigenvalue weighted by Gasteiger charge is -2.15. The van der Waals surface area contributed by atoms with Crippen molar-refractivity contribution in [2.24, 2.45) is 0 Å². The van der Waals surface area contributed by atoms with Gasteiger partial charge in [0.05, 0.1) is 19.8 Å². The van der Waals surface area contributed by atoms with Gasteiger partial charge in [0, 0.05) is 19.0 Å². The molecule has 0 amide bonds. The topological polar surface area (TPSA) is 61.2 Å². The van der Waals surface area contributed by atoms with Gasteiger partial charge < -0.3 is 19.4 Å². The van der Waals surface area contributed by atoms with Crippen LogP contribution in [0, 0.1) is 5.82 Å². The average Bonchev–Trinajstić information content (AvgIpc) is 2.98. The summed E-state index contributed by atoms with van der Waals surface area (Å²) in [6, 6.07) is 14.5. The molecule has 3 aromatic rings. The summed E-state index contributed by atoms with van der Waals surface area (Å²) in [7, 11) is 0. The first-order valence-corrected chi connectivity index (χ1v) is 9.88. The Morgan fingerprint density at radius 1 is 1.10 bits per heavy atom. The molecular formula is C22H25FN4O2. The van der Waals surface area contributed by atoms with E-state index in [9.17, 15) is 4.39 Å². The van der Waals surface area contributed by atoms with E-state index in [4.69, 9.17) is 9.47 Å². The third-order valence-electron chi connectivity index (χ3n) is 5.10. The van der Waals surface area contributed by atoms with E-state index in [0.29, 0.717) is 26.4 Å². The Labute approximate surface area is 169 Å². The molecule has 1 atom stereocenters. The highest BCUT2D eigenvalue weighted by atomic mass is 19.1. The summed E-state index contributed by atoms with van der Waals surface area (Å²) in [6.45, 7) is 5.39. The molecule has 1 aromatic heterocycles. The third kappa shape index (κ3) is 4.99. The van der Waals surface area contributed by atoms with Crippen LogP contribution in [0.25, 0.3) is 0 Å². The summed E-state index contributed by atoms with van der Waals surface area (Å²) in [5.74, 6) is 2.48. The molecule has 152 valence electrons. The number of ether oxygens (including phenoxy) is 2. The first-order chi connectivity index (χ1) is 14.2. The number of hydrogen-bond donors (Lipinski definition) is 1. The van der Waals surface area contributed by atoms with Gasteiger partial charge in [0.2, 0.25) is 0 Å². The number of hydrogen-bond acceptors (Lipinski definition) is 5. The Hall–Kier alpha value is -2.77. The molecule has 1 unspecified atom stereocenters. The van der Waals surface area contributed by atoms with Crippen molar-refractivity contribution in [1.82, 2.24) is 20.1 Å². The molecule has 0 saturated heterocycles. The zero-order valence-corrected chi connectivity index (χ0v) is 16.5. The van der Waals surface area contributed by atoms with E-state index in [1.165, 1.54) is 12.1 Å². The minimum absolute atomic E-state index is 0.163. The molecular weight excluding hydrogens is 371 g/mol. The van der Waals surface area contributed by atoms with Crippen LogP contribution in [-0.4, -0.2) is 28.0 Å². The predicted molar refractivity (Wildman–Crippen MR) is 107 cm³/mol. The second-order valence-corrected chi connectivity index (χ2v) is 7.13. The minimum atomic E-state index is -0.241. The van der Waals surface area contributed by atoms with Crippen molar-refractivity contribution in [1.29, 1.82) is 0 Å². The van der Waals surface area contributed by atoms with Crippen molar-refractivity contribution in [2.75, 3.05) is 13.2 Å². The van der Waals surface area contributed by atoms with Crippen molar-refractivity contribution in [3.05, 3.63) is 77.1 Å². The highest BCUT2D eigenvalue weighted by Gasteiger charge is 2.15. The quantitative estimate of drug-likeness (QED) is 0.663. The normalized spacial score (nSPS) is 14.8. The molecule has 2 heterocycles. The number of rotatable bonds is 7. The van der Waals surface area contributed by atoms with Gasteiger partial charge in [-0.1, -0.05) is 24.3 Å². The van der Waals surface area contributed by atoms with Crippen LogP contribution in [0.3, 0.4) is 0 Å². The van der Waals surface area contributed by atoms with Crippen molar-refractivity contribution in [2.45, 2.75) is 39.1 Å². The van der Waals surface area contributed by atoms with Gasteiger partial charge in [-0.3, -0.25) is 0 Å². The second kappa shape index (κ2) is 9.15. The lowest BCUT2D eigenvalue weighted by Crippen LogP contribution is -2.21. The third-order valence-corrected chi connectivity index (χ3v) is 5.10. The predicted octanol–water partition coefficient (Wildman–Crippen LogP) is 3.42. The Balaban J connectivity index is 1.30. The van der Waals surface area contributed by atoms with E-state index >= 15 is 0 Å². The van der Waals surface area contributed by atoms with Gasteiger partial charge in [0.25, 0.3) is 0 Å². The minimum Gasteiger partial charge on any atom is -0.489 e. The molecule has 1 N–H and O–H groups in total. The summed E-state index contributed by atoms with van der Waals surface area (Å²) in [4.78, 5) is 0. The van der Waals surface area contributed by atoms with E-state index in [-0.39, 0.29) is 11.9 Å². The van der Waals surface area contributed by atoms with E-state index < -0.39 is 0 Å². The number of nitrogens with one attached hydrogen (secondary N) is 1. The summed E-state index contributed by atoms with van der Waals surface area (Å²) < 4.78 is 26.4. The smallest absolute Gasteiger partial charge is 0.147 e. The Kier molecular flexibility index (Phi) is 6.17. The Morgan fingerprint density at radius 2 is 1.90 bits per heavy atom. The molecule has 0 saturated carbocycles. The first-order valence-electron chi connectivity index (χ1n) is 9.88. The van der Waals surface area contributed by atoms with Crippen LogP contribution in [0.2, 0.25) is 0 Å². The standard InChI is InChI=1S/C22H25FN4O2/c1-16(24-14-22-26-25-21-10-12-28-13-11-27(21)22)18-4-8-20(9-5-18)29-15-17-2-6-19(23)7-3-17/h2-9,16,24H,10-15H2,1H3. The summed E-state index contributed by atoms with van der Waals surface area (Å²) >= 11 is 0. The lowest BCUT2D eigenvalue weighted by molar-refractivity contribution is 0.139. The Bertz CT molecular complexity index is 925. The molecule has 29 heavy (non-hydrogen) atoms. The maximum atomic E-state index is 13.0. The molecule has 0 radical (unpaired) electrons. The van der Waals surface area contributed by atoms with Crippen LogP contribution < -0.4 is 10.1 Å². The van der Waals surface area contributed by atoms with E-state index in [1.807, 2.05) is 12.1 Å². The molecule has 2 aromatic carbocycles. The fraction of sp³-hybridized carbons (Fsp3) is 0.364. The van der Waals surface area contributed by atoms with Gasteiger partial charge in [-0.2, -0.15) is 0 Å². The summed E-state index contributed by atoms with van der Waals surface area (Å²) in [6.07, 6.45) is 0.807. The zero-order chi connectivity index (χ0) is 20.1. The van der Waals surface area contributed by atoms with Gasteiger partial charge in [-0.25, -0.2) is 4.39 Å².